The molecule has 2 aromatic rings. The first-order valence-electron chi connectivity index (χ1n) is 7.75. The van der Waals surface area contributed by atoms with Gasteiger partial charge in [-0.15, -0.1) is 0 Å². The van der Waals surface area contributed by atoms with E-state index in [1.54, 1.807) is 19.3 Å². The molecule has 0 spiro atoms. The first-order valence-corrected chi connectivity index (χ1v) is 7.75. The third kappa shape index (κ3) is 5.10. The lowest BCUT2D eigenvalue weighted by Gasteiger charge is -2.20. The van der Waals surface area contributed by atoms with Gasteiger partial charge >= 0.3 is 11.8 Å². The number of amides is 2. The number of likely N-dealkylation sites (N-methyl/N-ethyl adjacent to an activating group) is 1. The highest BCUT2D eigenvalue weighted by molar-refractivity contribution is 6.39. The Bertz CT molecular complexity index is 747. The van der Waals surface area contributed by atoms with Crippen molar-refractivity contribution in [2.75, 3.05) is 18.4 Å². The molecule has 1 heterocycles. The van der Waals surface area contributed by atoms with Gasteiger partial charge in [0.2, 0.25) is 0 Å². The van der Waals surface area contributed by atoms with E-state index in [0.717, 1.165) is 5.56 Å². The molecule has 0 saturated carbocycles. The van der Waals surface area contributed by atoms with Crippen molar-refractivity contribution in [2.45, 2.75) is 13.3 Å². The number of benzene rings is 1. The number of rotatable bonds is 6. The number of carbonyl (C=O) groups is 2. The summed E-state index contributed by atoms with van der Waals surface area (Å²) in [6.07, 6.45) is 3.97. The topological polar surface area (TPSA) is 105 Å². The van der Waals surface area contributed by atoms with Crippen LogP contribution in [0.25, 0.3) is 0 Å². The molecule has 0 aliphatic rings. The van der Waals surface area contributed by atoms with E-state index in [0.29, 0.717) is 25.2 Å². The molecule has 0 unspecified atom stereocenters. The summed E-state index contributed by atoms with van der Waals surface area (Å²) in [6.45, 7) is 2.61. The Morgan fingerprint density at radius 1 is 1.16 bits per heavy atom. The maximum Gasteiger partial charge on any atom is 0.313 e. The van der Waals surface area contributed by atoms with E-state index in [9.17, 15) is 19.7 Å². The van der Waals surface area contributed by atoms with Gasteiger partial charge in [-0.3, -0.25) is 24.7 Å². The van der Waals surface area contributed by atoms with E-state index in [4.69, 9.17) is 0 Å². The van der Waals surface area contributed by atoms with Gasteiger partial charge in [-0.05, 0) is 43.2 Å². The van der Waals surface area contributed by atoms with Crippen molar-refractivity contribution in [1.29, 1.82) is 0 Å². The fraction of sp³-hybridized carbons (Fsp3) is 0.235. The van der Waals surface area contributed by atoms with Crippen LogP contribution in [-0.4, -0.2) is 39.7 Å². The van der Waals surface area contributed by atoms with Crippen molar-refractivity contribution in [3.05, 3.63) is 64.5 Å². The molecule has 1 aromatic heterocycles. The van der Waals surface area contributed by atoms with Crippen LogP contribution in [0.4, 0.5) is 11.4 Å². The zero-order valence-corrected chi connectivity index (χ0v) is 13.7. The quantitative estimate of drug-likeness (QED) is 0.491. The predicted molar refractivity (Wildman–Crippen MR) is 91.9 cm³/mol. The fourth-order valence-electron chi connectivity index (χ4n) is 2.21. The highest BCUT2D eigenvalue weighted by Crippen LogP contribution is 2.15. The molecule has 0 aliphatic heterocycles. The molecular weight excluding hydrogens is 324 g/mol. The van der Waals surface area contributed by atoms with Gasteiger partial charge in [-0.25, -0.2) is 0 Å². The second kappa shape index (κ2) is 8.53. The summed E-state index contributed by atoms with van der Waals surface area (Å²) in [7, 11) is 0. The number of carbonyl (C=O) groups excluding carboxylic acids is 2. The van der Waals surface area contributed by atoms with Crippen molar-refractivity contribution in [3.8, 4) is 0 Å². The summed E-state index contributed by atoms with van der Waals surface area (Å²) in [4.78, 5) is 39.8. The van der Waals surface area contributed by atoms with Crippen LogP contribution in [-0.2, 0) is 16.0 Å². The Balaban J connectivity index is 1.94. The minimum atomic E-state index is -0.773. The van der Waals surface area contributed by atoms with Gasteiger partial charge in [-0.2, -0.15) is 0 Å². The number of nitro benzene ring substituents is 1. The Kier molecular flexibility index (Phi) is 6.16. The molecule has 0 bridgehead atoms. The van der Waals surface area contributed by atoms with Crippen LogP contribution in [0.15, 0.2) is 48.8 Å². The van der Waals surface area contributed by atoms with Crippen LogP contribution in [0.3, 0.4) is 0 Å². The first kappa shape index (κ1) is 18.1. The number of nitrogens with one attached hydrogen (secondary N) is 1. The Hall–Kier alpha value is -3.29. The number of nitrogens with zero attached hydrogens (tertiary/aromatic N) is 3. The molecule has 0 radical (unpaired) electrons. The highest BCUT2D eigenvalue weighted by atomic mass is 16.6. The summed E-state index contributed by atoms with van der Waals surface area (Å²) >= 11 is 0. The van der Waals surface area contributed by atoms with Crippen molar-refractivity contribution in [1.82, 2.24) is 9.88 Å². The molecule has 8 nitrogen and oxygen atoms in total. The van der Waals surface area contributed by atoms with E-state index in [1.807, 2.05) is 12.1 Å². The third-order valence-corrected chi connectivity index (χ3v) is 3.62. The molecule has 0 aliphatic carbocycles. The lowest BCUT2D eigenvalue weighted by atomic mass is 10.2. The van der Waals surface area contributed by atoms with E-state index in [-0.39, 0.29) is 5.69 Å². The standard InChI is InChI=1S/C17H18N4O4/c1-2-20(12-9-13-7-10-18-11-8-13)17(23)16(22)19-14-3-5-15(6-4-14)21(24)25/h3-8,10-11H,2,9,12H2,1H3,(H,19,22). The van der Waals surface area contributed by atoms with Gasteiger partial charge in [0, 0.05) is 43.3 Å². The number of nitro groups is 1. The number of non-ortho nitro benzene ring substituents is 1. The average molecular weight is 342 g/mol. The fourth-order valence-corrected chi connectivity index (χ4v) is 2.21. The summed E-state index contributed by atoms with van der Waals surface area (Å²) in [5, 5.41) is 13.1. The number of hydrogen-bond donors (Lipinski definition) is 1. The maximum atomic E-state index is 12.3. The number of pyridine rings is 1. The van der Waals surface area contributed by atoms with E-state index in [1.165, 1.54) is 29.2 Å². The summed E-state index contributed by atoms with van der Waals surface area (Å²) in [5.41, 5.74) is 1.27. The molecule has 2 rings (SSSR count). The smallest absolute Gasteiger partial charge is 0.313 e. The minimum absolute atomic E-state index is 0.0862. The summed E-state index contributed by atoms with van der Waals surface area (Å²) in [5.74, 6) is -1.42. The van der Waals surface area contributed by atoms with Crippen LogP contribution >= 0.6 is 0 Å². The summed E-state index contributed by atoms with van der Waals surface area (Å²) < 4.78 is 0. The van der Waals surface area contributed by atoms with E-state index in [2.05, 4.69) is 10.3 Å². The minimum Gasteiger partial charge on any atom is -0.334 e. The van der Waals surface area contributed by atoms with Crippen LogP contribution in [0.5, 0.6) is 0 Å². The van der Waals surface area contributed by atoms with E-state index >= 15 is 0 Å². The first-order chi connectivity index (χ1) is 12.0. The molecule has 2 amide bonds. The van der Waals surface area contributed by atoms with Crippen LogP contribution < -0.4 is 5.32 Å². The maximum absolute atomic E-state index is 12.3. The monoisotopic (exact) mass is 342 g/mol. The van der Waals surface area contributed by atoms with Crippen molar-refractivity contribution >= 4 is 23.2 Å². The number of aromatic nitrogens is 1. The zero-order chi connectivity index (χ0) is 18.2. The van der Waals surface area contributed by atoms with Crippen molar-refractivity contribution in [3.63, 3.8) is 0 Å². The Morgan fingerprint density at radius 3 is 2.36 bits per heavy atom. The predicted octanol–water partition coefficient (Wildman–Crippen LogP) is 2.02. The van der Waals surface area contributed by atoms with E-state index < -0.39 is 16.7 Å². The third-order valence-electron chi connectivity index (χ3n) is 3.62. The van der Waals surface area contributed by atoms with Crippen LogP contribution in [0, 0.1) is 10.1 Å². The molecule has 8 heteroatoms. The number of hydrogen-bond acceptors (Lipinski definition) is 5. The molecular formula is C17H18N4O4. The van der Waals surface area contributed by atoms with Gasteiger partial charge in [-0.1, -0.05) is 0 Å². The molecule has 25 heavy (non-hydrogen) atoms. The molecule has 0 saturated heterocycles. The lowest BCUT2D eigenvalue weighted by Crippen LogP contribution is -2.40. The van der Waals surface area contributed by atoms with Gasteiger partial charge < -0.3 is 10.2 Å². The molecule has 0 atom stereocenters. The van der Waals surface area contributed by atoms with Gasteiger partial charge in [0.15, 0.2) is 0 Å². The van der Waals surface area contributed by atoms with Crippen LogP contribution in [0.1, 0.15) is 12.5 Å². The zero-order valence-electron chi connectivity index (χ0n) is 13.7. The van der Waals surface area contributed by atoms with Gasteiger partial charge in [0.25, 0.3) is 5.69 Å². The second-order valence-corrected chi connectivity index (χ2v) is 5.25. The molecule has 1 aromatic carbocycles. The normalized spacial score (nSPS) is 10.1. The van der Waals surface area contributed by atoms with Crippen molar-refractivity contribution < 1.29 is 14.5 Å². The molecule has 0 fully saturated rings. The lowest BCUT2D eigenvalue weighted by molar-refractivity contribution is -0.384. The Morgan fingerprint density at radius 2 is 1.80 bits per heavy atom. The largest absolute Gasteiger partial charge is 0.334 e. The SMILES string of the molecule is CCN(CCc1ccncc1)C(=O)C(=O)Nc1ccc([N+](=O)[O-])cc1. The van der Waals surface area contributed by atoms with Gasteiger partial charge in [0.1, 0.15) is 0 Å². The second-order valence-electron chi connectivity index (χ2n) is 5.25. The Labute approximate surface area is 144 Å². The van der Waals surface area contributed by atoms with Crippen LogP contribution in [0.2, 0.25) is 0 Å². The highest BCUT2D eigenvalue weighted by Gasteiger charge is 2.20. The summed E-state index contributed by atoms with van der Waals surface area (Å²) in [6, 6.07) is 9.01. The molecule has 1 N–H and O–H groups in total. The number of anilines is 1. The molecule has 130 valence electrons. The average Bonchev–Trinajstić information content (AvgIpc) is 2.63. The van der Waals surface area contributed by atoms with Gasteiger partial charge in [0.05, 0.1) is 4.92 Å². The van der Waals surface area contributed by atoms with Crippen molar-refractivity contribution in [2.24, 2.45) is 0 Å².